The molecular formula is C18H19ClN2O2. The maximum absolute atomic E-state index is 12.4. The number of carbonyl (C=O) groups excluding carboxylic acids is 1. The third-order valence-electron chi connectivity index (χ3n) is 4.04. The number of amides is 1. The van der Waals surface area contributed by atoms with Crippen molar-refractivity contribution in [3.63, 3.8) is 0 Å². The molecule has 1 aliphatic heterocycles. The predicted molar refractivity (Wildman–Crippen MR) is 91.0 cm³/mol. The highest BCUT2D eigenvalue weighted by Crippen LogP contribution is 2.25. The Morgan fingerprint density at radius 1 is 1.22 bits per heavy atom. The molecule has 0 saturated carbocycles. The molecule has 23 heavy (non-hydrogen) atoms. The minimum Gasteiger partial charge on any atom is -0.457 e. The van der Waals surface area contributed by atoms with Crippen molar-refractivity contribution in [1.29, 1.82) is 0 Å². The van der Waals surface area contributed by atoms with E-state index in [0.29, 0.717) is 34.5 Å². The van der Waals surface area contributed by atoms with E-state index >= 15 is 0 Å². The lowest BCUT2D eigenvalue weighted by Crippen LogP contribution is -2.29. The number of benzene rings is 2. The Morgan fingerprint density at radius 3 is 2.65 bits per heavy atom. The number of hydrogen-bond donors (Lipinski definition) is 1. The van der Waals surface area contributed by atoms with E-state index < -0.39 is 0 Å². The van der Waals surface area contributed by atoms with E-state index in [1.165, 1.54) is 0 Å². The van der Waals surface area contributed by atoms with Crippen LogP contribution in [0.2, 0.25) is 5.02 Å². The minimum absolute atomic E-state index is 0.0512. The molecular weight excluding hydrogens is 312 g/mol. The average molecular weight is 331 g/mol. The first-order chi connectivity index (χ1) is 11.2. The number of hydrogen-bond acceptors (Lipinski definition) is 3. The Balaban J connectivity index is 1.66. The summed E-state index contributed by atoms with van der Waals surface area (Å²) in [6, 6.07) is 14.4. The van der Waals surface area contributed by atoms with E-state index in [9.17, 15) is 4.79 Å². The summed E-state index contributed by atoms with van der Waals surface area (Å²) in [5.41, 5.74) is 6.34. The highest BCUT2D eigenvalue weighted by molar-refractivity contribution is 6.30. The topological polar surface area (TPSA) is 55.6 Å². The van der Waals surface area contributed by atoms with Crippen LogP contribution >= 0.6 is 11.6 Å². The Morgan fingerprint density at radius 2 is 2.00 bits per heavy atom. The maximum atomic E-state index is 12.4. The molecule has 0 radical (unpaired) electrons. The fourth-order valence-corrected chi connectivity index (χ4v) is 2.90. The Kier molecular flexibility index (Phi) is 4.84. The van der Waals surface area contributed by atoms with Crippen molar-refractivity contribution in [1.82, 2.24) is 4.90 Å². The first kappa shape index (κ1) is 15.8. The molecule has 2 aromatic carbocycles. The summed E-state index contributed by atoms with van der Waals surface area (Å²) in [6.45, 7) is 2.16. The van der Waals surface area contributed by atoms with Gasteiger partial charge in [-0.3, -0.25) is 4.79 Å². The molecule has 4 nitrogen and oxygen atoms in total. The molecule has 1 saturated heterocycles. The van der Waals surface area contributed by atoms with Crippen LogP contribution in [0.15, 0.2) is 48.5 Å². The van der Waals surface area contributed by atoms with Gasteiger partial charge in [-0.1, -0.05) is 17.7 Å². The fraction of sp³-hybridized carbons (Fsp3) is 0.278. The van der Waals surface area contributed by atoms with Crippen LogP contribution in [0.5, 0.6) is 11.5 Å². The van der Waals surface area contributed by atoms with Crippen molar-refractivity contribution in [2.24, 2.45) is 11.7 Å². The van der Waals surface area contributed by atoms with Gasteiger partial charge in [-0.05, 0) is 61.3 Å². The standard InChI is InChI=1S/C18H19ClN2O2/c19-15-2-1-3-17(10-15)23-16-6-4-14(5-7-16)18(22)21-9-8-13(11-20)12-21/h1-7,10,13H,8-9,11-12,20H2/t13-/m1/s1. The number of ether oxygens (including phenoxy) is 1. The van der Waals surface area contributed by atoms with Gasteiger partial charge in [0, 0.05) is 23.7 Å². The smallest absolute Gasteiger partial charge is 0.253 e. The van der Waals surface area contributed by atoms with E-state index in [2.05, 4.69) is 0 Å². The summed E-state index contributed by atoms with van der Waals surface area (Å²) in [5.74, 6) is 1.81. The number of nitrogens with two attached hydrogens (primary N) is 1. The van der Waals surface area contributed by atoms with Crippen molar-refractivity contribution in [3.05, 3.63) is 59.1 Å². The number of likely N-dealkylation sites (tertiary alicyclic amines) is 1. The molecule has 0 aliphatic carbocycles. The van der Waals surface area contributed by atoms with Crippen LogP contribution in [-0.4, -0.2) is 30.4 Å². The second-order valence-corrected chi connectivity index (χ2v) is 6.16. The minimum atomic E-state index is 0.0512. The number of carbonyl (C=O) groups is 1. The molecule has 1 atom stereocenters. The average Bonchev–Trinajstić information content (AvgIpc) is 3.04. The van der Waals surface area contributed by atoms with E-state index in [4.69, 9.17) is 22.1 Å². The normalized spacial score (nSPS) is 17.3. The van der Waals surface area contributed by atoms with Gasteiger partial charge in [0.1, 0.15) is 11.5 Å². The third kappa shape index (κ3) is 3.84. The van der Waals surface area contributed by atoms with Crippen LogP contribution in [0.3, 0.4) is 0 Å². The van der Waals surface area contributed by atoms with Crippen molar-refractivity contribution in [2.45, 2.75) is 6.42 Å². The van der Waals surface area contributed by atoms with E-state index in [-0.39, 0.29) is 5.91 Å². The van der Waals surface area contributed by atoms with Gasteiger partial charge in [0.25, 0.3) is 5.91 Å². The Bertz CT molecular complexity index is 688. The summed E-state index contributed by atoms with van der Waals surface area (Å²) in [7, 11) is 0. The lowest BCUT2D eigenvalue weighted by molar-refractivity contribution is 0.0787. The highest BCUT2D eigenvalue weighted by atomic mass is 35.5. The van der Waals surface area contributed by atoms with E-state index in [0.717, 1.165) is 19.5 Å². The van der Waals surface area contributed by atoms with Crippen molar-refractivity contribution in [2.75, 3.05) is 19.6 Å². The molecule has 2 aromatic rings. The largest absolute Gasteiger partial charge is 0.457 e. The molecule has 5 heteroatoms. The van der Waals surface area contributed by atoms with Crippen LogP contribution in [-0.2, 0) is 0 Å². The quantitative estimate of drug-likeness (QED) is 0.932. The molecule has 1 heterocycles. The molecule has 0 unspecified atom stereocenters. The van der Waals surface area contributed by atoms with Crippen molar-refractivity contribution < 1.29 is 9.53 Å². The first-order valence-electron chi connectivity index (χ1n) is 7.68. The maximum Gasteiger partial charge on any atom is 0.253 e. The molecule has 1 aliphatic rings. The number of rotatable bonds is 4. The second-order valence-electron chi connectivity index (χ2n) is 5.73. The van der Waals surface area contributed by atoms with Gasteiger partial charge in [0.2, 0.25) is 0 Å². The zero-order valence-corrected chi connectivity index (χ0v) is 13.5. The Hall–Kier alpha value is -2.04. The first-order valence-corrected chi connectivity index (χ1v) is 8.06. The summed E-state index contributed by atoms with van der Waals surface area (Å²) >= 11 is 5.94. The van der Waals surface area contributed by atoms with Crippen LogP contribution < -0.4 is 10.5 Å². The van der Waals surface area contributed by atoms with Gasteiger partial charge in [0.05, 0.1) is 0 Å². The molecule has 0 bridgehead atoms. The third-order valence-corrected chi connectivity index (χ3v) is 4.27. The molecule has 120 valence electrons. The number of nitrogens with zero attached hydrogens (tertiary/aromatic N) is 1. The monoisotopic (exact) mass is 330 g/mol. The molecule has 0 aromatic heterocycles. The molecule has 2 N–H and O–H groups in total. The van der Waals surface area contributed by atoms with Crippen molar-refractivity contribution in [3.8, 4) is 11.5 Å². The van der Waals surface area contributed by atoms with E-state index in [1.807, 2.05) is 17.0 Å². The van der Waals surface area contributed by atoms with Crippen LogP contribution in [0.1, 0.15) is 16.8 Å². The SMILES string of the molecule is NC[C@H]1CCN(C(=O)c2ccc(Oc3cccc(Cl)c3)cc2)C1. The van der Waals surface area contributed by atoms with Crippen molar-refractivity contribution >= 4 is 17.5 Å². The molecule has 1 fully saturated rings. The fourth-order valence-electron chi connectivity index (χ4n) is 2.72. The van der Waals surface area contributed by atoms with Crippen LogP contribution in [0.4, 0.5) is 0 Å². The van der Waals surface area contributed by atoms with Gasteiger partial charge in [-0.2, -0.15) is 0 Å². The predicted octanol–water partition coefficient (Wildman–Crippen LogP) is 3.55. The molecule has 1 amide bonds. The summed E-state index contributed by atoms with van der Waals surface area (Å²) in [4.78, 5) is 14.3. The lowest BCUT2D eigenvalue weighted by Gasteiger charge is -2.16. The molecule has 3 rings (SSSR count). The van der Waals surface area contributed by atoms with Gasteiger partial charge in [-0.15, -0.1) is 0 Å². The Labute approximate surface area is 140 Å². The zero-order valence-electron chi connectivity index (χ0n) is 12.7. The van der Waals surface area contributed by atoms with Gasteiger partial charge in [-0.25, -0.2) is 0 Å². The summed E-state index contributed by atoms with van der Waals surface area (Å²) < 4.78 is 5.73. The van der Waals surface area contributed by atoms with Gasteiger partial charge in [0.15, 0.2) is 0 Å². The molecule has 0 spiro atoms. The number of halogens is 1. The summed E-state index contributed by atoms with van der Waals surface area (Å²) in [5, 5.41) is 0.623. The van der Waals surface area contributed by atoms with Crippen LogP contribution in [0, 0.1) is 5.92 Å². The zero-order chi connectivity index (χ0) is 16.2. The van der Waals surface area contributed by atoms with E-state index in [1.54, 1.807) is 36.4 Å². The van der Waals surface area contributed by atoms with Gasteiger partial charge < -0.3 is 15.4 Å². The summed E-state index contributed by atoms with van der Waals surface area (Å²) in [6.07, 6.45) is 0.984. The van der Waals surface area contributed by atoms with Gasteiger partial charge >= 0.3 is 0 Å². The van der Waals surface area contributed by atoms with Crippen LogP contribution in [0.25, 0.3) is 0 Å². The second kappa shape index (κ2) is 7.02. The highest BCUT2D eigenvalue weighted by Gasteiger charge is 2.25. The lowest BCUT2D eigenvalue weighted by atomic mass is 10.1.